The number of hydrogen-bond donors (Lipinski definition) is 0. The average Bonchev–Trinajstić information content (AvgIpc) is 2.11. The molecule has 0 heterocycles. The van der Waals surface area contributed by atoms with Crippen molar-refractivity contribution in [2.45, 2.75) is 20.8 Å². The molecule has 0 radical (unpaired) electrons. The fourth-order valence-corrected chi connectivity index (χ4v) is 0.637. The largest absolute Gasteiger partial charge is 0.529 e. The zero-order valence-electron chi connectivity index (χ0n) is 8.63. The molecular weight excluding hydrogens is 180 g/mol. The topological polar surface area (TPSA) is 26.3 Å². The van der Waals surface area contributed by atoms with Gasteiger partial charge in [0.25, 0.3) is 5.97 Å². The molecular formula is C10H16O2Si. The summed E-state index contributed by atoms with van der Waals surface area (Å²) in [5.41, 5.74) is 2.66. The molecule has 1 aromatic rings. The second-order valence-corrected chi connectivity index (χ2v) is 3.26. The van der Waals surface area contributed by atoms with Gasteiger partial charge in [0.2, 0.25) is 10.5 Å². The maximum absolute atomic E-state index is 9.62. The Labute approximate surface area is 82.5 Å². The molecule has 0 atom stereocenters. The molecule has 0 aliphatic rings. The van der Waals surface area contributed by atoms with E-state index in [0.717, 1.165) is 0 Å². The molecule has 0 aliphatic heterocycles. The molecule has 0 spiro atoms. The summed E-state index contributed by atoms with van der Waals surface area (Å²) in [5, 5.41) is 0. The molecule has 1 aromatic carbocycles. The van der Waals surface area contributed by atoms with Crippen LogP contribution in [0.2, 0.25) is 0 Å². The van der Waals surface area contributed by atoms with Crippen LogP contribution in [0.25, 0.3) is 0 Å². The number of carbonyl (C=O) groups excluding carboxylic acids is 1. The van der Waals surface area contributed by atoms with E-state index in [0.29, 0.717) is 10.5 Å². The third-order valence-electron chi connectivity index (χ3n) is 1.51. The molecule has 0 unspecified atom stereocenters. The zero-order valence-corrected chi connectivity index (χ0v) is 10.6. The first-order valence-corrected chi connectivity index (χ1v) is 4.95. The summed E-state index contributed by atoms with van der Waals surface area (Å²) in [5.74, 6) is -0.184. The monoisotopic (exact) mass is 196 g/mol. The van der Waals surface area contributed by atoms with Gasteiger partial charge in [-0.3, -0.25) is 4.79 Å². The molecule has 0 saturated heterocycles. The van der Waals surface area contributed by atoms with E-state index in [4.69, 9.17) is 0 Å². The Morgan fingerprint density at radius 2 is 1.38 bits per heavy atom. The smallest absolute Gasteiger partial charge is 0.288 e. The lowest BCUT2D eigenvalue weighted by molar-refractivity contribution is -0.131. The number of benzene rings is 1. The molecule has 0 saturated carbocycles. The SMILES string of the molecule is CC(=O)O[SiH3].Cc1ccc(C)cc1. The van der Waals surface area contributed by atoms with E-state index in [1.807, 2.05) is 0 Å². The highest BCUT2D eigenvalue weighted by molar-refractivity contribution is 6.04. The summed E-state index contributed by atoms with van der Waals surface area (Å²) in [6.07, 6.45) is 0. The summed E-state index contributed by atoms with van der Waals surface area (Å²) in [4.78, 5) is 9.62. The van der Waals surface area contributed by atoms with Crippen LogP contribution in [-0.2, 0) is 9.22 Å². The number of aryl methyl sites for hydroxylation is 2. The van der Waals surface area contributed by atoms with Gasteiger partial charge in [0, 0.05) is 6.92 Å². The Morgan fingerprint density at radius 3 is 1.54 bits per heavy atom. The molecule has 0 aliphatic carbocycles. The van der Waals surface area contributed by atoms with Crippen molar-refractivity contribution in [3.8, 4) is 0 Å². The van der Waals surface area contributed by atoms with Crippen molar-refractivity contribution in [2.24, 2.45) is 0 Å². The highest BCUT2D eigenvalue weighted by atomic mass is 28.2. The minimum absolute atomic E-state index is 0.184. The lowest BCUT2D eigenvalue weighted by Gasteiger charge is -1.90. The van der Waals surface area contributed by atoms with E-state index in [9.17, 15) is 4.79 Å². The van der Waals surface area contributed by atoms with Crippen LogP contribution in [0.1, 0.15) is 18.1 Å². The molecule has 72 valence electrons. The Balaban J connectivity index is 0.000000252. The van der Waals surface area contributed by atoms with Crippen LogP contribution in [0.3, 0.4) is 0 Å². The summed E-state index contributed by atoms with van der Waals surface area (Å²) in [6.45, 7) is 5.59. The fourth-order valence-electron chi connectivity index (χ4n) is 0.637. The number of rotatable bonds is 0. The Hall–Kier alpha value is -1.09. The summed E-state index contributed by atoms with van der Waals surface area (Å²) in [7, 11) is 0.524. The first-order valence-electron chi connectivity index (χ1n) is 4.14. The molecule has 0 N–H and O–H groups in total. The Morgan fingerprint density at radius 1 is 1.15 bits per heavy atom. The maximum atomic E-state index is 9.62. The van der Waals surface area contributed by atoms with Gasteiger partial charge in [-0.05, 0) is 13.8 Å². The first-order chi connectivity index (χ1) is 6.06. The predicted molar refractivity (Wildman–Crippen MR) is 57.6 cm³/mol. The van der Waals surface area contributed by atoms with E-state index in [1.165, 1.54) is 18.1 Å². The third-order valence-corrected chi connectivity index (χ3v) is 2.08. The van der Waals surface area contributed by atoms with E-state index in [1.54, 1.807) is 0 Å². The number of carbonyl (C=O) groups is 1. The Bertz CT molecular complexity index is 233. The Kier molecular flexibility index (Phi) is 5.89. The van der Waals surface area contributed by atoms with Gasteiger partial charge in [-0.15, -0.1) is 0 Å². The predicted octanol–water partition coefficient (Wildman–Crippen LogP) is 1.13. The molecule has 0 bridgehead atoms. The van der Waals surface area contributed by atoms with Gasteiger partial charge in [-0.25, -0.2) is 0 Å². The minimum atomic E-state index is -0.184. The second-order valence-electron chi connectivity index (χ2n) is 2.85. The van der Waals surface area contributed by atoms with Crippen molar-refractivity contribution in [1.29, 1.82) is 0 Å². The molecule has 0 aromatic heterocycles. The van der Waals surface area contributed by atoms with Gasteiger partial charge in [-0.1, -0.05) is 35.4 Å². The van der Waals surface area contributed by atoms with Crippen molar-refractivity contribution in [3.63, 3.8) is 0 Å². The van der Waals surface area contributed by atoms with E-state index >= 15 is 0 Å². The average molecular weight is 196 g/mol. The van der Waals surface area contributed by atoms with Crippen LogP contribution < -0.4 is 0 Å². The number of hydrogen-bond acceptors (Lipinski definition) is 2. The molecule has 0 fully saturated rings. The highest BCUT2D eigenvalue weighted by Gasteiger charge is 1.79. The maximum Gasteiger partial charge on any atom is 0.288 e. The third kappa shape index (κ3) is 7.27. The van der Waals surface area contributed by atoms with Crippen LogP contribution in [0, 0.1) is 13.8 Å². The second kappa shape index (κ2) is 6.43. The van der Waals surface area contributed by atoms with Crippen molar-refractivity contribution in [3.05, 3.63) is 35.4 Å². The van der Waals surface area contributed by atoms with Gasteiger partial charge in [-0.2, -0.15) is 0 Å². The van der Waals surface area contributed by atoms with E-state index in [-0.39, 0.29) is 5.97 Å². The van der Waals surface area contributed by atoms with Crippen molar-refractivity contribution in [2.75, 3.05) is 0 Å². The molecule has 2 nitrogen and oxygen atoms in total. The summed E-state index contributed by atoms with van der Waals surface area (Å²) >= 11 is 0. The highest BCUT2D eigenvalue weighted by Crippen LogP contribution is 1.99. The van der Waals surface area contributed by atoms with Crippen molar-refractivity contribution in [1.82, 2.24) is 0 Å². The first kappa shape index (κ1) is 11.9. The minimum Gasteiger partial charge on any atom is -0.529 e. The normalized spacial score (nSPS) is 8.54. The van der Waals surface area contributed by atoms with Crippen molar-refractivity contribution >= 4 is 16.5 Å². The zero-order chi connectivity index (χ0) is 10.3. The molecule has 3 heteroatoms. The van der Waals surface area contributed by atoms with Crippen molar-refractivity contribution < 1.29 is 9.22 Å². The van der Waals surface area contributed by atoms with Crippen LogP contribution in [-0.4, -0.2) is 16.5 Å². The van der Waals surface area contributed by atoms with Gasteiger partial charge in [0.05, 0.1) is 0 Å². The van der Waals surface area contributed by atoms with E-state index < -0.39 is 0 Å². The lowest BCUT2D eigenvalue weighted by atomic mass is 10.2. The summed E-state index contributed by atoms with van der Waals surface area (Å²) < 4.78 is 4.25. The molecule has 13 heavy (non-hydrogen) atoms. The van der Waals surface area contributed by atoms with Gasteiger partial charge < -0.3 is 4.43 Å². The standard InChI is InChI=1S/C8H10.C2H6O2Si/c1-7-3-5-8(2)6-4-7;1-2(3)4-5/h3-6H,1-2H3;1,5H3. The van der Waals surface area contributed by atoms with Crippen LogP contribution >= 0.6 is 0 Å². The molecule has 0 amide bonds. The van der Waals surface area contributed by atoms with Crippen LogP contribution in [0.5, 0.6) is 0 Å². The van der Waals surface area contributed by atoms with Gasteiger partial charge in [0.1, 0.15) is 0 Å². The van der Waals surface area contributed by atoms with E-state index in [2.05, 4.69) is 42.5 Å². The fraction of sp³-hybridized carbons (Fsp3) is 0.300. The quantitative estimate of drug-likeness (QED) is 0.582. The lowest BCUT2D eigenvalue weighted by Crippen LogP contribution is -1.90. The van der Waals surface area contributed by atoms with Crippen LogP contribution in [0.15, 0.2) is 24.3 Å². The summed E-state index contributed by atoms with van der Waals surface area (Å²) in [6, 6.07) is 8.48. The van der Waals surface area contributed by atoms with Gasteiger partial charge >= 0.3 is 0 Å². The van der Waals surface area contributed by atoms with Crippen LogP contribution in [0.4, 0.5) is 0 Å². The van der Waals surface area contributed by atoms with Gasteiger partial charge in [0.15, 0.2) is 0 Å². The molecule has 1 rings (SSSR count).